The van der Waals surface area contributed by atoms with Crippen LogP contribution in [-0.4, -0.2) is 69.6 Å². The summed E-state index contributed by atoms with van der Waals surface area (Å²) in [5.41, 5.74) is 1.47. The number of hydrogen-bond donors (Lipinski definition) is 0. The first-order valence-corrected chi connectivity index (χ1v) is 11.2. The molecule has 0 aliphatic carbocycles. The summed E-state index contributed by atoms with van der Waals surface area (Å²) >= 11 is 1.87. The Kier molecular flexibility index (Phi) is 7.58. The Hall–Kier alpha value is -0.850. The van der Waals surface area contributed by atoms with E-state index >= 15 is 0 Å². The van der Waals surface area contributed by atoms with E-state index in [9.17, 15) is 0 Å². The fourth-order valence-corrected chi connectivity index (χ4v) is 4.97. The van der Waals surface area contributed by atoms with Crippen molar-refractivity contribution in [3.05, 3.63) is 17.5 Å². The minimum atomic E-state index is 0.561. The molecular formula is C20H35N5S. The zero-order chi connectivity index (χ0) is 18.4. The summed E-state index contributed by atoms with van der Waals surface area (Å²) in [5.74, 6) is 2.87. The minimum Gasteiger partial charge on any atom is -0.309 e. The van der Waals surface area contributed by atoms with Crippen LogP contribution < -0.4 is 0 Å². The predicted octanol–water partition coefficient (Wildman–Crippen LogP) is 3.54. The van der Waals surface area contributed by atoms with Gasteiger partial charge in [0.25, 0.3) is 0 Å². The Balaban J connectivity index is 1.46. The maximum absolute atomic E-state index is 4.56. The topological polar surface area (TPSA) is 37.2 Å². The molecule has 0 saturated carbocycles. The molecule has 2 aliphatic heterocycles. The van der Waals surface area contributed by atoms with Crippen LogP contribution in [0.15, 0.2) is 16.8 Å². The average molecular weight is 378 g/mol. The molecule has 0 atom stereocenters. The van der Waals surface area contributed by atoms with Crippen LogP contribution in [-0.2, 0) is 7.05 Å². The van der Waals surface area contributed by atoms with Crippen molar-refractivity contribution in [2.24, 2.45) is 7.05 Å². The Bertz CT molecular complexity index is 583. The molecule has 0 aromatic carbocycles. The minimum absolute atomic E-state index is 0.561. The van der Waals surface area contributed by atoms with Crippen LogP contribution in [0.3, 0.4) is 0 Å². The van der Waals surface area contributed by atoms with Gasteiger partial charge in [0, 0.05) is 31.8 Å². The first-order chi connectivity index (χ1) is 12.7. The van der Waals surface area contributed by atoms with Crippen molar-refractivity contribution in [1.29, 1.82) is 0 Å². The normalized spacial score (nSPS) is 21.4. The van der Waals surface area contributed by atoms with Crippen LogP contribution in [0.2, 0.25) is 0 Å². The van der Waals surface area contributed by atoms with E-state index in [0.717, 1.165) is 17.5 Å². The zero-order valence-electron chi connectivity index (χ0n) is 16.8. The summed E-state index contributed by atoms with van der Waals surface area (Å²) < 4.78 is 2.25. The van der Waals surface area contributed by atoms with Crippen LogP contribution in [0.4, 0.5) is 0 Å². The lowest BCUT2D eigenvalue weighted by Gasteiger charge is -2.31. The molecule has 1 aromatic heterocycles. The van der Waals surface area contributed by atoms with Crippen molar-refractivity contribution in [2.75, 3.05) is 45.0 Å². The van der Waals surface area contributed by atoms with Gasteiger partial charge < -0.3 is 9.47 Å². The van der Waals surface area contributed by atoms with E-state index < -0.39 is 0 Å². The molecule has 0 amide bonds. The predicted molar refractivity (Wildman–Crippen MR) is 110 cm³/mol. The molecule has 6 heteroatoms. The lowest BCUT2D eigenvalue weighted by Crippen LogP contribution is -2.34. The molecule has 0 N–H and O–H groups in total. The number of piperidine rings is 2. The number of aromatic nitrogens is 3. The van der Waals surface area contributed by atoms with Crippen molar-refractivity contribution < 1.29 is 0 Å². The number of allylic oxidation sites excluding steroid dienone is 1. The highest BCUT2D eigenvalue weighted by atomic mass is 32.2. The maximum Gasteiger partial charge on any atom is 0.191 e. The SMILES string of the molecule is C/C=C(\C)CN1CCC(c2nnc(SCCN3CCCCC3)n2C)CC1. The summed E-state index contributed by atoms with van der Waals surface area (Å²) in [6.07, 6.45) is 8.75. The third kappa shape index (κ3) is 5.33. The molecule has 2 fully saturated rings. The number of likely N-dealkylation sites (tertiary alicyclic amines) is 2. The Morgan fingerprint density at radius 1 is 1.08 bits per heavy atom. The van der Waals surface area contributed by atoms with Crippen molar-refractivity contribution in [1.82, 2.24) is 24.6 Å². The van der Waals surface area contributed by atoms with Crippen LogP contribution in [0, 0.1) is 0 Å². The second kappa shape index (κ2) is 9.90. The summed E-state index contributed by atoms with van der Waals surface area (Å²) in [7, 11) is 2.15. The molecule has 2 saturated heterocycles. The number of rotatable bonds is 7. The smallest absolute Gasteiger partial charge is 0.191 e. The van der Waals surface area contributed by atoms with Gasteiger partial charge in [0.1, 0.15) is 5.82 Å². The van der Waals surface area contributed by atoms with Gasteiger partial charge in [-0.15, -0.1) is 10.2 Å². The Morgan fingerprint density at radius 2 is 1.81 bits per heavy atom. The molecule has 3 heterocycles. The highest BCUT2D eigenvalue weighted by molar-refractivity contribution is 7.99. The van der Waals surface area contributed by atoms with Crippen molar-refractivity contribution in [3.63, 3.8) is 0 Å². The van der Waals surface area contributed by atoms with E-state index in [0.29, 0.717) is 5.92 Å². The van der Waals surface area contributed by atoms with Gasteiger partial charge in [0.2, 0.25) is 0 Å². The van der Waals surface area contributed by atoms with Crippen molar-refractivity contribution in [2.45, 2.75) is 57.0 Å². The van der Waals surface area contributed by atoms with Crippen LogP contribution >= 0.6 is 11.8 Å². The Labute approximate surface area is 163 Å². The number of hydrogen-bond acceptors (Lipinski definition) is 5. The molecular weight excluding hydrogens is 342 g/mol. The molecule has 26 heavy (non-hydrogen) atoms. The molecule has 0 bridgehead atoms. The van der Waals surface area contributed by atoms with Gasteiger partial charge >= 0.3 is 0 Å². The van der Waals surface area contributed by atoms with E-state index in [1.165, 1.54) is 76.2 Å². The molecule has 3 rings (SSSR count). The second-order valence-electron chi connectivity index (χ2n) is 7.84. The van der Waals surface area contributed by atoms with E-state index in [-0.39, 0.29) is 0 Å². The summed E-state index contributed by atoms with van der Waals surface area (Å²) in [4.78, 5) is 5.16. The van der Waals surface area contributed by atoms with Crippen LogP contribution in [0.5, 0.6) is 0 Å². The zero-order valence-corrected chi connectivity index (χ0v) is 17.6. The van der Waals surface area contributed by atoms with Gasteiger partial charge in [-0.2, -0.15) is 0 Å². The largest absolute Gasteiger partial charge is 0.309 e. The van der Waals surface area contributed by atoms with Gasteiger partial charge in [-0.1, -0.05) is 29.8 Å². The van der Waals surface area contributed by atoms with Crippen LogP contribution in [0.25, 0.3) is 0 Å². The third-order valence-corrected chi connectivity index (χ3v) is 6.87. The lowest BCUT2D eigenvalue weighted by atomic mass is 9.95. The van der Waals surface area contributed by atoms with E-state index in [2.05, 4.69) is 51.5 Å². The summed E-state index contributed by atoms with van der Waals surface area (Å²) in [5, 5.41) is 10.1. The van der Waals surface area contributed by atoms with Gasteiger partial charge in [-0.05, 0) is 65.7 Å². The number of nitrogens with zero attached hydrogens (tertiary/aromatic N) is 5. The maximum atomic E-state index is 4.56. The standard InChI is InChI=1S/C20H35N5S/c1-4-17(2)16-25-12-8-18(9-13-25)19-21-22-20(23(19)3)26-15-14-24-10-6-5-7-11-24/h4,18H,5-16H2,1-3H3/b17-4+. The quantitative estimate of drug-likeness (QED) is 0.537. The second-order valence-corrected chi connectivity index (χ2v) is 8.90. The molecule has 2 aliphatic rings. The molecule has 0 radical (unpaired) electrons. The lowest BCUT2D eigenvalue weighted by molar-refractivity contribution is 0.223. The van der Waals surface area contributed by atoms with Gasteiger partial charge in [-0.3, -0.25) is 4.90 Å². The molecule has 146 valence electrons. The third-order valence-electron chi connectivity index (χ3n) is 5.87. The summed E-state index contributed by atoms with van der Waals surface area (Å²) in [6.45, 7) is 11.5. The molecule has 0 unspecified atom stereocenters. The van der Waals surface area contributed by atoms with E-state index in [4.69, 9.17) is 0 Å². The molecule has 5 nitrogen and oxygen atoms in total. The van der Waals surface area contributed by atoms with Crippen LogP contribution in [0.1, 0.15) is 57.7 Å². The summed E-state index contributed by atoms with van der Waals surface area (Å²) in [6, 6.07) is 0. The highest BCUT2D eigenvalue weighted by Crippen LogP contribution is 2.29. The fourth-order valence-electron chi connectivity index (χ4n) is 4.05. The van der Waals surface area contributed by atoms with Gasteiger partial charge in [0.15, 0.2) is 5.16 Å². The first-order valence-electron chi connectivity index (χ1n) is 10.3. The monoisotopic (exact) mass is 377 g/mol. The molecule has 0 spiro atoms. The fraction of sp³-hybridized carbons (Fsp3) is 0.800. The highest BCUT2D eigenvalue weighted by Gasteiger charge is 2.25. The average Bonchev–Trinajstić information content (AvgIpc) is 3.04. The first kappa shape index (κ1) is 19.9. The van der Waals surface area contributed by atoms with Gasteiger partial charge in [-0.25, -0.2) is 0 Å². The number of thioether (sulfide) groups is 1. The molecule has 1 aromatic rings. The van der Waals surface area contributed by atoms with E-state index in [1.54, 1.807) is 0 Å². The van der Waals surface area contributed by atoms with Gasteiger partial charge in [0.05, 0.1) is 0 Å². The van der Waals surface area contributed by atoms with E-state index in [1.807, 2.05) is 11.8 Å². The Morgan fingerprint density at radius 3 is 2.50 bits per heavy atom. The van der Waals surface area contributed by atoms with Crippen molar-refractivity contribution in [3.8, 4) is 0 Å². The van der Waals surface area contributed by atoms with Crippen molar-refractivity contribution >= 4 is 11.8 Å².